The van der Waals surface area contributed by atoms with E-state index >= 15 is 0 Å². The molecule has 1 atom stereocenters. The summed E-state index contributed by atoms with van der Waals surface area (Å²) in [4.78, 5) is 25.3. The summed E-state index contributed by atoms with van der Waals surface area (Å²) in [5, 5.41) is 0. The number of benzene rings is 4. The molecule has 0 spiro atoms. The minimum atomic E-state index is -0.922. The summed E-state index contributed by atoms with van der Waals surface area (Å²) in [5.74, 6) is -0.0264. The Labute approximate surface area is 294 Å². The zero-order valence-corrected chi connectivity index (χ0v) is 28.6. The molecule has 0 bridgehead atoms. The minimum absolute atomic E-state index is 0. The molecule has 8 heteroatoms. The number of rotatable bonds is 12. The van der Waals surface area contributed by atoms with Crippen LogP contribution in [0.15, 0.2) is 115 Å². The van der Waals surface area contributed by atoms with Gasteiger partial charge in [-0.2, -0.15) is 0 Å². The molecule has 0 aliphatic heterocycles. The molecule has 6 nitrogen and oxygen atoms in total. The van der Waals surface area contributed by atoms with Crippen molar-refractivity contribution in [3.63, 3.8) is 0 Å². The molecule has 0 saturated heterocycles. The van der Waals surface area contributed by atoms with Crippen LogP contribution in [0.3, 0.4) is 0 Å². The van der Waals surface area contributed by atoms with Gasteiger partial charge in [-0.25, -0.2) is 9.59 Å². The van der Waals surface area contributed by atoms with Gasteiger partial charge in [0.2, 0.25) is 0 Å². The quantitative estimate of drug-likeness (QED) is 0.106. The summed E-state index contributed by atoms with van der Waals surface area (Å²) in [6, 6.07) is 34.5. The molecular weight excluding hydrogens is 550 g/mol. The van der Waals surface area contributed by atoms with E-state index in [4.69, 9.17) is 18.9 Å². The average Bonchev–Trinajstić information content (AvgIpc) is 3.00. The number of carbonyl (C=O) groups excluding carboxylic acids is 2. The fourth-order valence-electron chi connectivity index (χ4n) is 3.89. The van der Waals surface area contributed by atoms with Gasteiger partial charge in [0.05, 0.1) is 0 Å². The second-order valence-electron chi connectivity index (χ2n) is 9.23. The summed E-state index contributed by atoms with van der Waals surface area (Å²) in [6.07, 6.45) is 0.996. The Kier molecular flexibility index (Phi) is 15.9. The van der Waals surface area contributed by atoms with Crippen molar-refractivity contribution in [3.8, 4) is 11.5 Å². The number of ether oxygens (including phenoxy) is 4. The van der Waals surface area contributed by atoms with Crippen LogP contribution < -0.4 is 68.6 Å². The summed E-state index contributed by atoms with van der Waals surface area (Å²) in [6.45, 7) is 2.54. The van der Waals surface area contributed by atoms with E-state index in [-0.39, 0.29) is 68.4 Å². The molecule has 0 fully saturated rings. The average molecular weight is 585 g/mol. The largest absolute Gasteiger partial charge is 1.00 e. The van der Waals surface area contributed by atoms with Gasteiger partial charge in [-0.3, -0.25) is 0 Å². The normalized spacial score (nSPS) is 11.3. The fraction of sp³-hybridized carbons (Fsp3) is 0.176. The number of esters is 2. The van der Waals surface area contributed by atoms with Gasteiger partial charge in [0.25, 0.3) is 0 Å². The standard InChI is InChI=1S/C34H32O6.2Na.2H/c1-25(21-26-13-17-30(18-14-26)38-23-28-9-5-3-6-10-28)33(35)40-34(36)32(37-2)22-27-15-19-31(20-16-27)39-24-29-11-7-4-8-12-29;;;;/h3-21,32H,22-24H2,1-2H3;;;;/q;2*+1;2*-1. The predicted octanol–water partition coefficient (Wildman–Crippen LogP) is 0.808. The van der Waals surface area contributed by atoms with Gasteiger partial charge < -0.3 is 21.8 Å². The first-order chi connectivity index (χ1) is 19.5. The predicted molar refractivity (Wildman–Crippen MR) is 156 cm³/mol. The van der Waals surface area contributed by atoms with E-state index in [1.807, 2.05) is 109 Å². The fourth-order valence-corrected chi connectivity index (χ4v) is 3.89. The van der Waals surface area contributed by atoms with Gasteiger partial charge in [0.1, 0.15) is 24.7 Å². The first-order valence-corrected chi connectivity index (χ1v) is 13.0. The van der Waals surface area contributed by atoms with Crippen LogP contribution in [0.2, 0.25) is 0 Å². The second-order valence-corrected chi connectivity index (χ2v) is 9.23. The van der Waals surface area contributed by atoms with Crippen LogP contribution in [0.25, 0.3) is 6.08 Å². The third kappa shape index (κ3) is 11.5. The van der Waals surface area contributed by atoms with Gasteiger partial charge in [0.15, 0.2) is 6.10 Å². The molecule has 1 unspecified atom stereocenters. The van der Waals surface area contributed by atoms with Crippen molar-refractivity contribution in [2.75, 3.05) is 7.11 Å². The van der Waals surface area contributed by atoms with Crippen LogP contribution >= 0.6 is 0 Å². The van der Waals surface area contributed by atoms with Crippen LogP contribution in [0.5, 0.6) is 11.5 Å². The smallest absolute Gasteiger partial charge is 1.00 e. The van der Waals surface area contributed by atoms with E-state index in [1.54, 1.807) is 13.0 Å². The van der Waals surface area contributed by atoms with Crippen molar-refractivity contribution >= 4 is 18.0 Å². The molecule has 0 N–H and O–H groups in total. The second kappa shape index (κ2) is 18.8. The van der Waals surface area contributed by atoms with Crippen molar-refractivity contribution in [2.24, 2.45) is 0 Å². The molecule has 4 aromatic carbocycles. The Balaban J connectivity index is 0.00000462. The third-order valence-corrected chi connectivity index (χ3v) is 6.17. The van der Waals surface area contributed by atoms with E-state index in [0.29, 0.717) is 18.8 Å². The van der Waals surface area contributed by atoms with Gasteiger partial charge in [-0.15, -0.1) is 0 Å². The van der Waals surface area contributed by atoms with Crippen LogP contribution in [0.4, 0.5) is 0 Å². The van der Waals surface area contributed by atoms with Crippen LogP contribution in [0.1, 0.15) is 32.0 Å². The topological polar surface area (TPSA) is 71.1 Å². The zero-order chi connectivity index (χ0) is 28.2. The van der Waals surface area contributed by atoms with Crippen molar-refractivity contribution in [3.05, 3.63) is 137 Å². The summed E-state index contributed by atoms with van der Waals surface area (Å²) >= 11 is 0. The van der Waals surface area contributed by atoms with Gasteiger partial charge >= 0.3 is 71.1 Å². The Morgan fingerprint density at radius 3 is 1.64 bits per heavy atom. The number of hydrogen-bond donors (Lipinski definition) is 0. The van der Waals surface area contributed by atoms with Gasteiger partial charge in [-0.1, -0.05) is 84.9 Å². The van der Waals surface area contributed by atoms with Crippen molar-refractivity contribution in [1.82, 2.24) is 0 Å². The summed E-state index contributed by atoms with van der Waals surface area (Å²) in [5.41, 5.74) is 4.08. The SMILES string of the molecule is COC(Cc1ccc(OCc2ccccc2)cc1)C(=O)OC(=O)C(C)=Cc1ccc(OCc2ccccc2)cc1.[H-].[H-].[Na+].[Na+]. The maximum Gasteiger partial charge on any atom is 1.00 e. The van der Waals surface area contributed by atoms with Gasteiger partial charge in [0, 0.05) is 19.1 Å². The molecule has 4 rings (SSSR count). The number of carbonyl (C=O) groups is 2. The van der Waals surface area contributed by atoms with E-state index < -0.39 is 18.0 Å². The van der Waals surface area contributed by atoms with Crippen LogP contribution in [-0.2, 0) is 38.7 Å². The first-order valence-electron chi connectivity index (χ1n) is 13.0. The number of hydrogen-bond acceptors (Lipinski definition) is 6. The molecule has 0 amide bonds. The Morgan fingerprint density at radius 2 is 1.17 bits per heavy atom. The molecular formula is C34H34Na2O6. The van der Waals surface area contributed by atoms with Crippen molar-refractivity contribution in [1.29, 1.82) is 0 Å². The Morgan fingerprint density at radius 1 is 0.690 bits per heavy atom. The van der Waals surface area contributed by atoms with Crippen LogP contribution in [-0.4, -0.2) is 25.2 Å². The first kappa shape index (κ1) is 35.5. The Hall–Kier alpha value is -2.68. The van der Waals surface area contributed by atoms with E-state index in [0.717, 1.165) is 33.8 Å². The zero-order valence-electron chi connectivity index (χ0n) is 26.6. The minimum Gasteiger partial charge on any atom is -1.00 e. The molecule has 208 valence electrons. The maximum atomic E-state index is 12.7. The van der Waals surface area contributed by atoms with Crippen LogP contribution in [0, 0.1) is 0 Å². The molecule has 42 heavy (non-hydrogen) atoms. The maximum absolute atomic E-state index is 12.7. The molecule has 0 heterocycles. The number of methoxy groups -OCH3 is 1. The molecule has 0 aliphatic rings. The van der Waals surface area contributed by atoms with Gasteiger partial charge in [-0.05, 0) is 59.5 Å². The van der Waals surface area contributed by atoms with E-state index in [2.05, 4.69) is 0 Å². The third-order valence-electron chi connectivity index (χ3n) is 6.17. The molecule has 0 aliphatic carbocycles. The van der Waals surface area contributed by atoms with Crippen molar-refractivity contribution < 1.29 is 90.5 Å². The van der Waals surface area contributed by atoms with E-state index in [9.17, 15) is 9.59 Å². The molecule has 0 aromatic heterocycles. The van der Waals surface area contributed by atoms with E-state index in [1.165, 1.54) is 7.11 Å². The molecule has 0 radical (unpaired) electrons. The molecule has 0 saturated carbocycles. The van der Waals surface area contributed by atoms with Crippen molar-refractivity contribution in [2.45, 2.75) is 32.7 Å². The summed E-state index contributed by atoms with van der Waals surface area (Å²) < 4.78 is 22.0. The molecule has 4 aromatic rings. The Bertz CT molecular complexity index is 1420. The monoisotopic (exact) mass is 584 g/mol. The summed E-state index contributed by atoms with van der Waals surface area (Å²) in [7, 11) is 1.41.